The average molecular weight is 275 g/mol. The summed E-state index contributed by atoms with van der Waals surface area (Å²) in [7, 11) is 0. The first-order valence-electron chi connectivity index (χ1n) is 5.44. The molecule has 0 saturated carbocycles. The summed E-state index contributed by atoms with van der Waals surface area (Å²) in [5.74, 6) is 0.219. The van der Waals surface area contributed by atoms with Crippen LogP contribution in [-0.2, 0) is 4.79 Å². The second-order valence-corrected chi connectivity index (χ2v) is 4.51. The molecule has 1 saturated heterocycles. The van der Waals surface area contributed by atoms with Crippen molar-refractivity contribution in [1.29, 1.82) is 0 Å². The normalized spacial score (nSPS) is 16.6. The first kappa shape index (κ1) is 14.3. The van der Waals surface area contributed by atoms with Crippen molar-refractivity contribution < 1.29 is 4.79 Å². The van der Waals surface area contributed by atoms with E-state index in [1.807, 2.05) is 31.2 Å². The van der Waals surface area contributed by atoms with Crippen LogP contribution >= 0.6 is 24.0 Å². The fourth-order valence-corrected chi connectivity index (χ4v) is 2.01. The molecule has 1 amide bonds. The Morgan fingerprint density at radius 3 is 2.65 bits per heavy atom. The summed E-state index contributed by atoms with van der Waals surface area (Å²) in [5, 5.41) is 6.75. The van der Waals surface area contributed by atoms with E-state index in [-0.39, 0.29) is 30.3 Å². The Labute approximate surface area is 112 Å². The van der Waals surface area contributed by atoms with Crippen LogP contribution in [0.1, 0.15) is 18.5 Å². The number of amides is 1. The molecule has 0 aliphatic carbocycles. The molecule has 1 aliphatic heterocycles. The molecule has 2 N–H and O–H groups in total. The van der Waals surface area contributed by atoms with Gasteiger partial charge < -0.3 is 10.6 Å². The summed E-state index contributed by atoms with van der Waals surface area (Å²) in [5.41, 5.74) is 0.963. The Bertz CT molecular complexity index is 394. The number of halogens is 2. The first-order chi connectivity index (χ1) is 7.68. The number of benzene rings is 1. The highest BCUT2D eigenvalue weighted by molar-refractivity contribution is 6.31. The molecule has 5 heteroatoms. The molecule has 0 bridgehead atoms. The lowest BCUT2D eigenvalue weighted by Crippen LogP contribution is -2.51. The van der Waals surface area contributed by atoms with E-state index in [1.54, 1.807) is 0 Å². The second-order valence-electron chi connectivity index (χ2n) is 4.11. The number of rotatable bonds is 3. The summed E-state index contributed by atoms with van der Waals surface area (Å²) >= 11 is 6.07. The highest BCUT2D eigenvalue weighted by atomic mass is 35.5. The van der Waals surface area contributed by atoms with E-state index in [0.29, 0.717) is 5.02 Å². The van der Waals surface area contributed by atoms with Crippen molar-refractivity contribution in [2.75, 3.05) is 13.1 Å². The molecule has 1 aromatic carbocycles. The van der Waals surface area contributed by atoms with E-state index in [9.17, 15) is 4.79 Å². The lowest BCUT2D eigenvalue weighted by molar-refractivity contribution is -0.127. The third-order valence-electron chi connectivity index (χ3n) is 2.88. The van der Waals surface area contributed by atoms with Crippen LogP contribution in [0.15, 0.2) is 24.3 Å². The Morgan fingerprint density at radius 1 is 1.47 bits per heavy atom. The molecule has 0 aromatic heterocycles. The summed E-state index contributed by atoms with van der Waals surface area (Å²) in [6.45, 7) is 3.51. The van der Waals surface area contributed by atoms with Crippen LogP contribution < -0.4 is 10.6 Å². The van der Waals surface area contributed by atoms with Crippen molar-refractivity contribution >= 4 is 29.9 Å². The number of nitrogens with one attached hydrogen (secondary N) is 2. The van der Waals surface area contributed by atoms with Crippen molar-refractivity contribution in [1.82, 2.24) is 10.6 Å². The van der Waals surface area contributed by atoms with Gasteiger partial charge in [0.25, 0.3) is 0 Å². The van der Waals surface area contributed by atoms with E-state index >= 15 is 0 Å². The van der Waals surface area contributed by atoms with Gasteiger partial charge in [-0.15, -0.1) is 12.4 Å². The van der Waals surface area contributed by atoms with Gasteiger partial charge in [0.05, 0.1) is 12.0 Å². The third-order valence-corrected chi connectivity index (χ3v) is 3.23. The van der Waals surface area contributed by atoms with Crippen molar-refractivity contribution in [3.05, 3.63) is 34.9 Å². The molecule has 17 heavy (non-hydrogen) atoms. The largest absolute Gasteiger partial charge is 0.349 e. The fourth-order valence-electron chi connectivity index (χ4n) is 1.71. The van der Waals surface area contributed by atoms with Crippen LogP contribution in [0.5, 0.6) is 0 Å². The topological polar surface area (TPSA) is 41.1 Å². The maximum Gasteiger partial charge on any atom is 0.226 e. The van der Waals surface area contributed by atoms with E-state index in [1.165, 1.54) is 0 Å². The number of carbonyl (C=O) groups is 1. The van der Waals surface area contributed by atoms with Crippen molar-refractivity contribution in [2.45, 2.75) is 13.0 Å². The molecule has 1 unspecified atom stereocenters. The zero-order chi connectivity index (χ0) is 11.5. The molecule has 94 valence electrons. The summed E-state index contributed by atoms with van der Waals surface area (Å²) < 4.78 is 0. The van der Waals surface area contributed by atoms with Gasteiger partial charge in [0.2, 0.25) is 5.91 Å². The predicted octanol–water partition coefficient (Wildman–Crippen LogP) is 2.16. The van der Waals surface area contributed by atoms with E-state index < -0.39 is 0 Å². The second kappa shape index (κ2) is 6.24. The third kappa shape index (κ3) is 3.35. The fraction of sp³-hybridized carbons (Fsp3) is 0.417. The molecule has 0 radical (unpaired) electrons. The van der Waals surface area contributed by atoms with Crippen molar-refractivity contribution in [3.63, 3.8) is 0 Å². The average Bonchev–Trinajstić information content (AvgIpc) is 2.15. The van der Waals surface area contributed by atoms with Crippen LogP contribution in [-0.4, -0.2) is 19.0 Å². The monoisotopic (exact) mass is 274 g/mol. The maximum atomic E-state index is 11.7. The van der Waals surface area contributed by atoms with Gasteiger partial charge in [-0.2, -0.15) is 0 Å². The number of hydrogen-bond acceptors (Lipinski definition) is 2. The van der Waals surface area contributed by atoms with Crippen LogP contribution in [0, 0.1) is 5.92 Å². The van der Waals surface area contributed by atoms with Crippen molar-refractivity contribution in [3.8, 4) is 0 Å². The van der Waals surface area contributed by atoms with Crippen molar-refractivity contribution in [2.24, 2.45) is 5.92 Å². The zero-order valence-electron chi connectivity index (χ0n) is 9.57. The van der Waals surface area contributed by atoms with E-state index in [4.69, 9.17) is 11.6 Å². The van der Waals surface area contributed by atoms with Gasteiger partial charge in [-0.3, -0.25) is 4.79 Å². The summed E-state index contributed by atoms with van der Waals surface area (Å²) in [6, 6.07) is 7.55. The minimum Gasteiger partial charge on any atom is -0.349 e. The molecular weight excluding hydrogens is 259 g/mol. The first-order valence-corrected chi connectivity index (χ1v) is 5.82. The molecular formula is C12H16Cl2N2O. The van der Waals surface area contributed by atoms with Gasteiger partial charge >= 0.3 is 0 Å². The predicted molar refractivity (Wildman–Crippen MR) is 71.6 cm³/mol. The molecule has 1 atom stereocenters. The standard InChI is InChI=1S/C12H15ClN2O.ClH/c1-8(10-4-2-3-5-11(10)13)15-12(16)9-6-14-7-9;/h2-5,8-9,14H,6-7H2,1H3,(H,15,16);1H. The summed E-state index contributed by atoms with van der Waals surface area (Å²) in [6.07, 6.45) is 0. The molecule has 3 nitrogen and oxygen atoms in total. The minimum atomic E-state index is -0.0400. The van der Waals surface area contributed by atoms with Crippen LogP contribution in [0.2, 0.25) is 5.02 Å². The van der Waals surface area contributed by atoms with Gasteiger partial charge in [0.15, 0.2) is 0 Å². The molecule has 2 rings (SSSR count). The van der Waals surface area contributed by atoms with Gasteiger partial charge in [-0.05, 0) is 18.6 Å². The van der Waals surface area contributed by atoms with Gasteiger partial charge in [0, 0.05) is 18.1 Å². The molecule has 1 heterocycles. The van der Waals surface area contributed by atoms with E-state index in [2.05, 4.69) is 10.6 Å². The van der Waals surface area contributed by atoms with Crippen LogP contribution in [0.25, 0.3) is 0 Å². The SMILES string of the molecule is CC(NC(=O)C1CNC1)c1ccccc1Cl.Cl. The lowest BCUT2D eigenvalue weighted by Gasteiger charge is -2.27. The minimum absolute atomic E-state index is 0. The molecule has 1 aliphatic rings. The number of carbonyl (C=O) groups excluding carboxylic acids is 1. The van der Waals surface area contributed by atoms with E-state index in [0.717, 1.165) is 18.7 Å². The van der Waals surface area contributed by atoms with Gasteiger partial charge in [-0.1, -0.05) is 29.8 Å². The lowest BCUT2D eigenvalue weighted by atomic mass is 10.0. The van der Waals surface area contributed by atoms with Crippen LogP contribution in [0.3, 0.4) is 0 Å². The molecule has 1 aromatic rings. The Hall–Kier alpha value is -0.770. The smallest absolute Gasteiger partial charge is 0.226 e. The highest BCUT2D eigenvalue weighted by Gasteiger charge is 2.26. The van der Waals surface area contributed by atoms with Gasteiger partial charge in [0.1, 0.15) is 0 Å². The van der Waals surface area contributed by atoms with Crippen LogP contribution in [0.4, 0.5) is 0 Å². The maximum absolute atomic E-state index is 11.7. The Morgan fingerprint density at radius 2 is 2.12 bits per heavy atom. The van der Waals surface area contributed by atoms with Gasteiger partial charge in [-0.25, -0.2) is 0 Å². The zero-order valence-corrected chi connectivity index (χ0v) is 11.1. The number of hydrogen-bond donors (Lipinski definition) is 2. The Kier molecular flexibility index (Phi) is 5.25. The summed E-state index contributed by atoms with van der Waals surface area (Å²) in [4.78, 5) is 11.7. The molecule has 0 spiro atoms. The molecule has 1 fully saturated rings. The highest BCUT2D eigenvalue weighted by Crippen LogP contribution is 2.22. The Balaban J connectivity index is 0.00000144. The quantitative estimate of drug-likeness (QED) is 0.887.